The molecule has 0 aromatic carbocycles. The molecule has 2 N–H and O–H groups in total. The fourth-order valence-electron chi connectivity index (χ4n) is 1.46. The van der Waals surface area contributed by atoms with Gasteiger partial charge in [-0.15, -0.1) is 6.58 Å². The zero-order chi connectivity index (χ0) is 11.8. The molecular formula is C12H19N3O. The Morgan fingerprint density at radius 1 is 1.62 bits per heavy atom. The number of methoxy groups -OCH3 is 1. The van der Waals surface area contributed by atoms with Gasteiger partial charge in [-0.2, -0.15) is 0 Å². The Morgan fingerprint density at radius 3 is 3.06 bits per heavy atom. The van der Waals surface area contributed by atoms with Crippen LogP contribution in [0.3, 0.4) is 0 Å². The Labute approximate surface area is 96.7 Å². The maximum absolute atomic E-state index is 5.57. The first kappa shape index (κ1) is 12.7. The number of pyridine rings is 1. The van der Waals surface area contributed by atoms with Crippen molar-refractivity contribution in [2.24, 2.45) is 5.73 Å². The number of hydrogen-bond donors (Lipinski definition) is 1. The van der Waals surface area contributed by atoms with E-state index in [1.165, 1.54) is 0 Å². The zero-order valence-electron chi connectivity index (χ0n) is 9.72. The van der Waals surface area contributed by atoms with Gasteiger partial charge >= 0.3 is 0 Å². The Balaban J connectivity index is 2.77. The summed E-state index contributed by atoms with van der Waals surface area (Å²) in [6.45, 7) is 6.52. The van der Waals surface area contributed by atoms with Gasteiger partial charge in [-0.25, -0.2) is 0 Å². The summed E-state index contributed by atoms with van der Waals surface area (Å²) >= 11 is 0. The molecular weight excluding hydrogens is 202 g/mol. The van der Waals surface area contributed by atoms with Gasteiger partial charge in [-0.3, -0.25) is 4.98 Å². The van der Waals surface area contributed by atoms with E-state index in [1.807, 2.05) is 18.2 Å². The van der Waals surface area contributed by atoms with Crippen LogP contribution < -0.4 is 10.6 Å². The molecule has 0 spiro atoms. The van der Waals surface area contributed by atoms with E-state index >= 15 is 0 Å². The zero-order valence-corrected chi connectivity index (χ0v) is 9.72. The van der Waals surface area contributed by atoms with E-state index in [1.54, 1.807) is 13.3 Å². The molecule has 0 aliphatic heterocycles. The van der Waals surface area contributed by atoms with Gasteiger partial charge in [-0.1, -0.05) is 6.08 Å². The number of nitrogens with zero attached hydrogens (tertiary/aromatic N) is 2. The molecule has 0 atom stereocenters. The molecule has 0 unspecified atom stereocenters. The van der Waals surface area contributed by atoms with Gasteiger partial charge in [0.1, 0.15) is 0 Å². The monoisotopic (exact) mass is 221 g/mol. The molecule has 1 rings (SSSR count). The third-order valence-corrected chi connectivity index (χ3v) is 2.29. The molecule has 0 saturated heterocycles. The lowest BCUT2D eigenvalue weighted by Crippen LogP contribution is -2.27. The van der Waals surface area contributed by atoms with Crippen LogP contribution in [0.2, 0.25) is 0 Å². The van der Waals surface area contributed by atoms with E-state index in [9.17, 15) is 0 Å². The summed E-state index contributed by atoms with van der Waals surface area (Å²) in [5.74, 6) is 0. The van der Waals surface area contributed by atoms with Crippen LogP contribution in [0, 0.1) is 0 Å². The second-order valence-electron chi connectivity index (χ2n) is 3.44. The summed E-state index contributed by atoms with van der Waals surface area (Å²) in [5.41, 5.74) is 7.56. The SMILES string of the molecule is C=CCN(CCOC)c1ccnc(CN)c1. The van der Waals surface area contributed by atoms with Crippen LogP contribution in [0.25, 0.3) is 0 Å². The van der Waals surface area contributed by atoms with Crippen molar-refractivity contribution in [1.82, 2.24) is 4.98 Å². The van der Waals surface area contributed by atoms with E-state index in [4.69, 9.17) is 10.5 Å². The van der Waals surface area contributed by atoms with Gasteiger partial charge in [-0.05, 0) is 12.1 Å². The van der Waals surface area contributed by atoms with Crippen molar-refractivity contribution < 1.29 is 4.74 Å². The topological polar surface area (TPSA) is 51.4 Å². The van der Waals surface area contributed by atoms with Crippen LogP contribution in [0.4, 0.5) is 5.69 Å². The molecule has 1 heterocycles. The minimum absolute atomic E-state index is 0.458. The lowest BCUT2D eigenvalue weighted by atomic mass is 10.3. The van der Waals surface area contributed by atoms with Gasteiger partial charge in [0.25, 0.3) is 0 Å². The van der Waals surface area contributed by atoms with Gasteiger partial charge in [0.2, 0.25) is 0 Å². The molecule has 16 heavy (non-hydrogen) atoms. The van der Waals surface area contributed by atoms with Gasteiger partial charge in [0, 0.05) is 38.6 Å². The van der Waals surface area contributed by atoms with Gasteiger partial charge in [0.05, 0.1) is 12.3 Å². The molecule has 4 nitrogen and oxygen atoms in total. The Bertz CT molecular complexity index is 328. The Kier molecular flexibility index (Phi) is 5.53. The molecule has 88 valence electrons. The van der Waals surface area contributed by atoms with Crippen LogP contribution in [0.15, 0.2) is 31.0 Å². The van der Waals surface area contributed by atoms with Crippen molar-refractivity contribution in [3.8, 4) is 0 Å². The van der Waals surface area contributed by atoms with Crippen molar-refractivity contribution in [1.29, 1.82) is 0 Å². The Hall–Kier alpha value is -1.39. The van der Waals surface area contributed by atoms with E-state index in [0.29, 0.717) is 13.2 Å². The van der Waals surface area contributed by atoms with E-state index < -0.39 is 0 Å². The highest BCUT2D eigenvalue weighted by Crippen LogP contribution is 2.14. The smallest absolute Gasteiger partial charge is 0.0637 e. The summed E-state index contributed by atoms with van der Waals surface area (Å²) in [6.07, 6.45) is 3.65. The summed E-state index contributed by atoms with van der Waals surface area (Å²) in [6, 6.07) is 3.97. The summed E-state index contributed by atoms with van der Waals surface area (Å²) in [4.78, 5) is 6.35. The molecule has 0 radical (unpaired) electrons. The molecule has 1 aromatic rings. The summed E-state index contributed by atoms with van der Waals surface area (Å²) < 4.78 is 5.08. The molecule has 0 amide bonds. The fraction of sp³-hybridized carbons (Fsp3) is 0.417. The quantitative estimate of drug-likeness (QED) is 0.702. The van der Waals surface area contributed by atoms with Crippen LogP contribution in [0.1, 0.15) is 5.69 Å². The van der Waals surface area contributed by atoms with E-state index in [2.05, 4.69) is 16.5 Å². The second kappa shape index (κ2) is 6.98. The molecule has 0 aliphatic rings. The van der Waals surface area contributed by atoms with Gasteiger partial charge in [0.15, 0.2) is 0 Å². The summed E-state index contributed by atoms with van der Waals surface area (Å²) in [5, 5.41) is 0. The lowest BCUT2D eigenvalue weighted by Gasteiger charge is -2.23. The molecule has 0 aliphatic carbocycles. The van der Waals surface area contributed by atoms with Crippen molar-refractivity contribution >= 4 is 5.69 Å². The maximum Gasteiger partial charge on any atom is 0.0637 e. The summed E-state index contributed by atoms with van der Waals surface area (Å²) in [7, 11) is 1.70. The van der Waals surface area contributed by atoms with Crippen LogP contribution in [-0.2, 0) is 11.3 Å². The number of rotatable bonds is 7. The first-order valence-electron chi connectivity index (χ1n) is 5.31. The number of ether oxygens (including phenoxy) is 1. The van der Waals surface area contributed by atoms with E-state index in [-0.39, 0.29) is 0 Å². The van der Waals surface area contributed by atoms with E-state index in [0.717, 1.165) is 24.5 Å². The normalized spacial score (nSPS) is 10.1. The third kappa shape index (κ3) is 3.64. The second-order valence-corrected chi connectivity index (χ2v) is 3.44. The van der Waals surface area contributed by atoms with Crippen molar-refractivity contribution in [3.05, 3.63) is 36.7 Å². The Morgan fingerprint density at radius 2 is 2.44 bits per heavy atom. The number of anilines is 1. The van der Waals surface area contributed by atoms with Crippen LogP contribution in [-0.4, -0.2) is 31.8 Å². The fourth-order valence-corrected chi connectivity index (χ4v) is 1.46. The van der Waals surface area contributed by atoms with Gasteiger partial charge < -0.3 is 15.4 Å². The predicted molar refractivity (Wildman–Crippen MR) is 66.4 cm³/mol. The molecule has 0 bridgehead atoms. The largest absolute Gasteiger partial charge is 0.383 e. The standard InChI is InChI=1S/C12H19N3O/c1-3-6-15(7-8-16-2)12-4-5-14-11(9-12)10-13/h3-5,9H,1,6-8,10,13H2,2H3. The van der Waals surface area contributed by atoms with Crippen molar-refractivity contribution in [2.75, 3.05) is 31.7 Å². The maximum atomic E-state index is 5.57. The highest BCUT2D eigenvalue weighted by atomic mass is 16.5. The molecule has 0 fully saturated rings. The lowest BCUT2D eigenvalue weighted by molar-refractivity contribution is 0.206. The molecule has 0 saturated carbocycles. The van der Waals surface area contributed by atoms with Crippen LogP contribution >= 0.6 is 0 Å². The van der Waals surface area contributed by atoms with Crippen molar-refractivity contribution in [2.45, 2.75) is 6.54 Å². The minimum atomic E-state index is 0.458. The molecule has 1 aromatic heterocycles. The average molecular weight is 221 g/mol. The number of hydrogen-bond acceptors (Lipinski definition) is 4. The minimum Gasteiger partial charge on any atom is -0.383 e. The van der Waals surface area contributed by atoms with Crippen LogP contribution in [0.5, 0.6) is 0 Å². The first-order chi connectivity index (χ1) is 7.81. The van der Waals surface area contributed by atoms with Crippen molar-refractivity contribution in [3.63, 3.8) is 0 Å². The predicted octanol–water partition coefficient (Wildman–Crippen LogP) is 1.18. The number of aromatic nitrogens is 1. The highest BCUT2D eigenvalue weighted by Gasteiger charge is 2.05. The molecule has 4 heteroatoms. The third-order valence-electron chi connectivity index (χ3n) is 2.29. The first-order valence-corrected chi connectivity index (χ1v) is 5.31. The number of nitrogens with two attached hydrogens (primary N) is 1. The highest BCUT2D eigenvalue weighted by molar-refractivity contribution is 5.47. The average Bonchev–Trinajstić information content (AvgIpc) is 2.34.